The van der Waals surface area contributed by atoms with E-state index in [1.807, 2.05) is 35.1 Å². The molecule has 0 aliphatic carbocycles. The van der Waals surface area contributed by atoms with Crippen molar-refractivity contribution in [3.63, 3.8) is 0 Å². The molecule has 0 atom stereocenters. The molecule has 116 valence electrons. The first kappa shape index (κ1) is 15.0. The van der Waals surface area contributed by atoms with E-state index in [0.29, 0.717) is 6.42 Å². The van der Waals surface area contributed by atoms with E-state index in [0.717, 1.165) is 24.2 Å². The Morgan fingerprint density at radius 3 is 2.87 bits per heavy atom. The number of aryl methyl sites for hydroxylation is 1. The molecule has 1 N–H and O–H groups in total. The summed E-state index contributed by atoms with van der Waals surface area (Å²) >= 11 is 0. The van der Waals surface area contributed by atoms with Crippen LogP contribution in [0.2, 0.25) is 0 Å². The number of rotatable bonds is 6. The summed E-state index contributed by atoms with van der Waals surface area (Å²) in [7, 11) is 0. The summed E-state index contributed by atoms with van der Waals surface area (Å²) < 4.78 is 1.83. The highest BCUT2D eigenvalue weighted by Gasteiger charge is 2.04. The van der Waals surface area contributed by atoms with Crippen molar-refractivity contribution in [1.82, 2.24) is 14.8 Å². The number of nitrogens with zero attached hydrogens (tertiary/aromatic N) is 3. The van der Waals surface area contributed by atoms with Crippen LogP contribution in [0.5, 0.6) is 0 Å². The SMILES string of the molecule is O=C(CCCc1cccc(-n2cccn2)c1)Nc1cccnc1. The van der Waals surface area contributed by atoms with E-state index < -0.39 is 0 Å². The highest BCUT2D eigenvalue weighted by atomic mass is 16.1. The first-order chi connectivity index (χ1) is 11.3. The van der Waals surface area contributed by atoms with Crippen LogP contribution < -0.4 is 5.32 Å². The van der Waals surface area contributed by atoms with Crippen LogP contribution in [0.4, 0.5) is 5.69 Å². The topological polar surface area (TPSA) is 59.8 Å². The number of carbonyl (C=O) groups excluding carboxylic acids is 1. The number of amides is 1. The van der Waals surface area contributed by atoms with Gasteiger partial charge in [-0.2, -0.15) is 5.10 Å². The normalized spacial score (nSPS) is 10.4. The second-order valence-corrected chi connectivity index (χ2v) is 5.26. The van der Waals surface area contributed by atoms with Gasteiger partial charge in [0.05, 0.1) is 17.6 Å². The highest BCUT2D eigenvalue weighted by Crippen LogP contribution is 2.12. The number of hydrogen-bond donors (Lipinski definition) is 1. The fourth-order valence-electron chi connectivity index (χ4n) is 2.39. The summed E-state index contributed by atoms with van der Waals surface area (Å²) in [6, 6.07) is 13.7. The Kier molecular flexibility index (Phi) is 4.79. The van der Waals surface area contributed by atoms with E-state index >= 15 is 0 Å². The Hall–Kier alpha value is -2.95. The van der Waals surface area contributed by atoms with E-state index in [1.54, 1.807) is 24.7 Å². The molecular weight excluding hydrogens is 288 g/mol. The quantitative estimate of drug-likeness (QED) is 0.760. The Morgan fingerprint density at radius 2 is 2.09 bits per heavy atom. The molecule has 0 bridgehead atoms. The fraction of sp³-hybridized carbons (Fsp3) is 0.167. The van der Waals surface area contributed by atoms with Gasteiger partial charge in [0, 0.05) is 25.0 Å². The van der Waals surface area contributed by atoms with Crippen molar-refractivity contribution in [1.29, 1.82) is 0 Å². The number of anilines is 1. The zero-order valence-corrected chi connectivity index (χ0v) is 12.7. The van der Waals surface area contributed by atoms with Gasteiger partial charge in [-0.1, -0.05) is 12.1 Å². The third kappa shape index (κ3) is 4.26. The molecule has 0 aliphatic heterocycles. The molecule has 5 heteroatoms. The monoisotopic (exact) mass is 306 g/mol. The zero-order chi connectivity index (χ0) is 15.9. The Morgan fingerprint density at radius 1 is 1.13 bits per heavy atom. The molecular formula is C18H18N4O. The smallest absolute Gasteiger partial charge is 0.224 e. The second-order valence-electron chi connectivity index (χ2n) is 5.26. The minimum absolute atomic E-state index is 0.0150. The standard InChI is InChI=1S/C18H18N4O/c23-18(21-16-7-3-10-19-14-16)9-2-6-15-5-1-8-17(13-15)22-12-4-11-20-22/h1,3-5,7-8,10-14H,2,6,9H2,(H,21,23). The van der Waals surface area contributed by atoms with Crippen molar-refractivity contribution in [3.8, 4) is 5.69 Å². The molecule has 0 unspecified atom stereocenters. The van der Waals surface area contributed by atoms with Gasteiger partial charge in [0.1, 0.15) is 0 Å². The van der Waals surface area contributed by atoms with E-state index in [4.69, 9.17) is 0 Å². The minimum atomic E-state index is 0.0150. The van der Waals surface area contributed by atoms with Crippen molar-refractivity contribution in [2.24, 2.45) is 0 Å². The minimum Gasteiger partial charge on any atom is -0.325 e. The summed E-state index contributed by atoms with van der Waals surface area (Å²) in [6.45, 7) is 0. The molecule has 0 fully saturated rings. The third-order valence-electron chi connectivity index (χ3n) is 3.49. The van der Waals surface area contributed by atoms with Gasteiger partial charge in [-0.05, 0) is 48.7 Å². The molecule has 0 radical (unpaired) electrons. The molecule has 3 aromatic rings. The van der Waals surface area contributed by atoms with Gasteiger partial charge in [0.15, 0.2) is 0 Å². The molecule has 23 heavy (non-hydrogen) atoms. The van der Waals surface area contributed by atoms with Crippen molar-refractivity contribution >= 4 is 11.6 Å². The number of aromatic nitrogens is 3. The Balaban J connectivity index is 1.51. The van der Waals surface area contributed by atoms with Crippen LogP contribution in [0, 0.1) is 0 Å². The van der Waals surface area contributed by atoms with Crippen LogP contribution in [0.3, 0.4) is 0 Å². The summed E-state index contributed by atoms with van der Waals surface area (Å²) in [6.07, 6.45) is 9.15. The maximum absolute atomic E-state index is 11.9. The molecule has 0 saturated heterocycles. The van der Waals surface area contributed by atoms with Crippen LogP contribution in [-0.2, 0) is 11.2 Å². The van der Waals surface area contributed by atoms with Gasteiger partial charge < -0.3 is 5.32 Å². The molecule has 3 rings (SSSR count). The maximum Gasteiger partial charge on any atom is 0.224 e. The maximum atomic E-state index is 11.9. The van der Waals surface area contributed by atoms with Crippen LogP contribution in [0.25, 0.3) is 5.69 Å². The molecule has 5 nitrogen and oxygen atoms in total. The van der Waals surface area contributed by atoms with Gasteiger partial charge in [0.2, 0.25) is 5.91 Å². The summed E-state index contributed by atoms with van der Waals surface area (Å²) in [5, 5.41) is 7.08. The lowest BCUT2D eigenvalue weighted by Gasteiger charge is -2.06. The Bertz CT molecular complexity index is 754. The molecule has 0 aliphatic rings. The Labute approximate surface area is 135 Å². The summed E-state index contributed by atoms with van der Waals surface area (Å²) in [4.78, 5) is 15.9. The van der Waals surface area contributed by atoms with Gasteiger partial charge in [0.25, 0.3) is 0 Å². The van der Waals surface area contributed by atoms with Crippen LogP contribution in [0.1, 0.15) is 18.4 Å². The van der Waals surface area contributed by atoms with E-state index in [-0.39, 0.29) is 5.91 Å². The molecule has 1 amide bonds. The number of hydrogen-bond acceptors (Lipinski definition) is 3. The largest absolute Gasteiger partial charge is 0.325 e. The summed E-state index contributed by atoms with van der Waals surface area (Å²) in [5.74, 6) is 0.0150. The number of carbonyl (C=O) groups is 1. The second kappa shape index (κ2) is 7.35. The molecule has 2 heterocycles. The number of pyridine rings is 1. The lowest BCUT2D eigenvalue weighted by atomic mass is 10.1. The van der Waals surface area contributed by atoms with E-state index in [1.165, 1.54) is 5.56 Å². The average molecular weight is 306 g/mol. The predicted molar refractivity (Wildman–Crippen MR) is 89.4 cm³/mol. The van der Waals surface area contributed by atoms with Crippen LogP contribution in [-0.4, -0.2) is 20.7 Å². The molecule has 0 spiro atoms. The number of benzene rings is 1. The summed E-state index contributed by atoms with van der Waals surface area (Å²) in [5.41, 5.74) is 2.97. The van der Waals surface area contributed by atoms with Crippen molar-refractivity contribution in [3.05, 3.63) is 72.8 Å². The van der Waals surface area contributed by atoms with Crippen molar-refractivity contribution in [2.75, 3.05) is 5.32 Å². The zero-order valence-electron chi connectivity index (χ0n) is 12.7. The lowest BCUT2D eigenvalue weighted by Crippen LogP contribution is -2.11. The number of nitrogens with one attached hydrogen (secondary N) is 1. The van der Waals surface area contributed by atoms with E-state index in [9.17, 15) is 4.79 Å². The van der Waals surface area contributed by atoms with Gasteiger partial charge >= 0.3 is 0 Å². The lowest BCUT2D eigenvalue weighted by molar-refractivity contribution is -0.116. The molecule has 0 saturated carbocycles. The van der Waals surface area contributed by atoms with E-state index in [2.05, 4.69) is 27.5 Å². The van der Waals surface area contributed by atoms with Crippen LogP contribution >= 0.6 is 0 Å². The predicted octanol–water partition coefficient (Wildman–Crippen LogP) is 3.23. The average Bonchev–Trinajstić information content (AvgIpc) is 3.11. The first-order valence-electron chi connectivity index (χ1n) is 7.60. The first-order valence-corrected chi connectivity index (χ1v) is 7.60. The van der Waals surface area contributed by atoms with Gasteiger partial charge in [-0.15, -0.1) is 0 Å². The third-order valence-corrected chi connectivity index (χ3v) is 3.49. The molecule has 2 aromatic heterocycles. The van der Waals surface area contributed by atoms with Gasteiger partial charge in [-0.3, -0.25) is 9.78 Å². The van der Waals surface area contributed by atoms with Crippen LogP contribution in [0.15, 0.2) is 67.3 Å². The van der Waals surface area contributed by atoms with Crippen molar-refractivity contribution in [2.45, 2.75) is 19.3 Å². The van der Waals surface area contributed by atoms with Crippen molar-refractivity contribution < 1.29 is 4.79 Å². The highest BCUT2D eigenvalue weighted by molar-refractivity contribution is 5.90. The molecule has 1 aromatic carbocycles. The fourth-order valence-corrected chi connectivity index (χ4v) is 2.39. The van der Waals surface area contributed by atoms with Gasteiger partial charge in [-0.25, -0.2) is 4.68 Å².